The Balaban J connectivity index is 1.76. The van der Waals surface area contributed by atoms with Gasteiger partial charge in [-0.05, 0) is 38.3 Å². The van der Waals surface area contributed by atoms with Crippen molar-refractivity contribution in [3.05, 3.63) is 47.3 Å². The number of hydrogen-bond acceptors (Lipinski definition) is 5. The summed E-state index contributed by atoms with van der Waals surface area (Å²) in [7, 11) is 1.27. The van der Waals surface area contributed by atoms with E-state index in [-0.39, 0.29) is 35.8 Å². The number of para-hydroxylation sites is 1. The van der Waals surface area contributed by atoms with Crippen molar-refractivity contribution >= 4 is 23.5 Å². The molecule has 0 spiro atoms. The van der Waals surface area contributed by atoms with Gasteiger partial charge in [0.1, 0.15) is 11.2 Å². The molecule has 2 heterocycles. The lowest BCUT2D eigenvalue weighted by Gasteiger charge is -2.44. The highest BCUT2D eigenvalue weighted by Gasteiger charge is 2.49. The second-order valence-corrected chi connectivity index (χ2v) is 8.93. The number of methoxy groups -OCH3 is 1. The first-order chi connectivity index (χ1) is 15.3. The first-order valence-corrected chi connectivity index (χ1v) is 11.2. The highest BCUT2D eigenvalue weighted by atomic mass is 16.5. The summed E-state index contributed by atoms with van der Waals surface area (Å²) in [6.07, 6.45) is 6.44. The van der Waals surface area contributed by atoms with Gasteiger partial charge in [0.25, 0.3) is 5.91 Å². The largest absolute Gasteiger partial charge is 0.464 e. The van der Waals surface area contributed by atoms with E-state index < -0.39 is 11.5 Å². The second kappa shape index (κ2) is 8.76. The molecule has 0 bridgehead atoms. The summed E-state index contributed by atoms with van der Waals surface area (Å²) < 4.78 is 6.23. The van der Waals surface area contributed by atoms with Crippen molar-refractivity contribution in [1.29, 1.82) is 0 Å². The van der Waals surface area contributed by atoms with E-state index in [2.05, 4.69) is 10.4 Å². The zero-order valence-electron chi connectivity index (χ0n) is 18.9. The molecule has 1 atom stereocenters. The molecule has 1 aromatic carbocycles. The van der Waals surface area contributed by atoms with Crippen LogP contribution in [0.15, 0.2) is 30.3 Å². The number of hydrogen-bond donors (Lipinski definition) is 1. The summed E-state index contributed by atoms with van der Waals surface area (Å²) in [5, 5.41) is 7.49. The molecule has 1 unspecified atom stereocenters. The summed E-state index contributed by atoms with van der Waals surface area (Å²) in [5.41, 5.74) is 0.656. The van der Waals surface area contributed by atoms with E-state index in [4.69, 9.17) is 4.74 Å². The fraction of sp³-hybridized carbons (Fsp3) is 0.500. The van der Waals surface area contributed by atoms with E-state index in [0.29, 0.717) is 5.69 Å². The highest BCUT2D eigenvalue weighted by molar-refractivity contribution is 6.12. The molecule has 4 rings (SSSR count). The third-order valence-corrected chi connectivity index (χ3v) is 6.58. The van der Waals surface area contributed by atoms with Crippen LogP contribution in [0, 0.1) is 6.92 Å². The standard InChI is InChI=1S/C24H30N4O4/c1-16-10-8-9-13-19(16)28-21(29)20-14-18(22(30)32-3)26-27(20)15-24(28,2)23(31)25-17-11-6-4-5-7-12-17/h8-10,13-14,17H,4-7,11-12,15H2,1-3H3,(H,25,31). The van der Waals surface area contributed by atoms with Crippen LogP contribution in [0.5, 0.6) is 0 Å². The number of aryl methyl sites for hydroxylation is 1. The zero-order chi connectivity index (χ0) is 22.9. The minimum atomic E-state index is -1.21. The van der Waals surface area contributed by atoms with E-state index in [1.165, 1.54) is 30.7 Å². The molecular formula is C24H30N4O4. The maximum atomic E-state index is 13.7. The summed E-state index contributed by atoms with van der Waals surface area (Å²) in [6.45, 7) is 3.82. The van der Waals surface area contributed by atoms with Crippen LogP contribution in [-0.2, 0) is 16.1 Å². The average Bonchev–Trinajstić information content (AvgIpc) is 3.03. The lowest BCUT2D eigenvalue weighted by Crippen LogP contribution is -2.65. The van der Waals surface area contributed by atoms with Crippen molar-refractivity contribution in [1.82, 2.24) is 15.1 Å². The number of carbonyl (C=O) groups excluding carboxylic acids is 3. The van der Waals surface area contributed by atoms with Crippen molar-refractivity contribution in [3.8, 4) is 0 Å². The molecule has 0 radical (unpaired) electrons. The van der Waals surface area contributed by atoms with Crippen LogP contribution in [0.25, 0.3) is 0 Å². The quantitative estimate of drug-likeness (QED) is 0.584. The molecule has 1 aliphatic carbocycles. The van der Waals surface area contributed by atoms with E-state index in [9.17, 15) is 14.4 Å². The zero-order valence-corrected chi connectivity index (χ0v) is 18.9. The number of nitrogens with zero attached hydrogens (tertiary/aromatic N) is 3. The number of esters is 1. The molecule has 32 heavy (non-hydrogen) atoms. The van der Waals surface area contributed by atoms with E-state index >= 15 is 0 Å². The maximum Gasteiger partial charge on any atom is 0.358 e. The number of nitrogens with one attached hydrogen (secondary N) is 1. The lowest BCUT2D eigenvalue weighted by atomic mass is 9.92. The molecule has 8 nitrogen and oxygen atoms in total. The van der Waals surface area contributed by atoms with Gasteiger partial charge in [-0.3, -0.25) is 19.2 Å². The van der Waals surface area contributed by atoms with Crippen LogP contribution >= 0.6 is 0 Å². The van der Waals surface area contributed by atoms with E-state index in [1.807, 2.05) is 31.2 Å². The van der Waals surface area contributed by atoms with Crippen LogP contribution in [-0.4, -0.2) is 46.3 Å². The molecule has 1 aliphatic heterocycles. The van der Waals surface area contributed by atoms with Gasteiger partial charge in [0, 0.05) is 17.8 Å². The normalized spacial score (nSPS) is 21.6. The first kappa shape index (κ1) is 22.0. The summed E-state index contributed by atoms with van der Waals surface area (Å²) in [5.74, 6) is -1.19. The molecule has 1 saturated carbocycles. The molecule has 8 heteroatoms. The van der Waals surface area contributed by atoms with Gasteiger partial charge in [-0.25, -0.2) is 4.79 Å². The fourth-order valence-electron chi connectivity index (χ4n) is 4.74. The van der Waals surface area contributed by atoms with E-state index in [0.717, 1.165) is 31.2 Å². The fourth-order valence-corrected chi connectivity index (χ4v) is 4.74. The van der Waals surface area contributed by atoms with Gasteiger partial charge in [0.05, 0.1) is 13.7 Å². The number of anilines is 1. The van der Waals surface area contributed by atoms with Gasteiger partial charge >= 0.3 is 5.97 Å². The monoisotopic (exact) mass is 438 g/mol. The van der Waals surface area contributed by atoms with Crippen LogP contribution < -0.4 is 10.2 Å². The average molecular weight is 439 g/mol. The van der Waals surface area contributed by atoms with Gasteiger partial charge < -0.3 is 10.1 Å². The van der Waals surface area contributed by atoms with Crippen LogP contribution in [0.3, 0.4) is 0 Å². The molecule has 1 fully saturated rings. The minimum Gasteiger partial charge on any atom is -0.464 e. The number of rotatable bonds is 4. The first-order valence-electron chi connectivity index (χ1n) is 11.2. The smallest absolute Gasteiger partial charge is 0.358 e. The Morgan fingerprint density at radius 2 is 1.84 bits per heavy atom. The number of carbonyl (C=O) groups is 3. The molecule has 2 aliphatic rings. The molecule has 170 valence electrons. The Bertz CT molecular complexity index is 1040. The number of benzene rings is 1. The molecule has 2 amide bonds. The van der Waals surface area contributed by atoms with Crippen molar-refractivity contribution in [2.24, 2.45) is 0 Å². The highest BCUT2D eigenvalue weighted by Crippen LogP contribution is 2.35. The number of amides is 2. The van der Waals surface area contributed by atoms with E-state index in [1.54, 1.807) is 11.8 Å². The lowest BCUT2D eigenvalue weighted by molar-refractivity contribution is -0.127. The summed E-state index contributed by atoms with van der Waals surface area (Å²) >= 11 is 0. The summed E-state index contributed by atoms with van der Waals surface area (Å²) in [4.78, 5) is 41.0. The van der Waals surface area contributed by atoms with Crippen molar-refractivity contribution in [2.75, 3.05) is 12.0 Å². The molecule has 1 N–H and O–H groups in total. The Hall–Kier alpha value is -3.16. The molecule has 0 saturated heterocycles. The number of fused-ring (bicyclic) bond motifs is 1. The van der Waals surface area contributed by atoms with Crippen LogP contribution in [0.1, 0.15) is 72.0 Å². The number of ether oxygens (including phenoxy) is 1. The minimum absolute atomic E-state index is 0.0500. The predicted octanol–water partition coefficient (Wildman–Crippen LogP) is 3.24. The molecule has 1 aromatic heterocycles. The Morgan fingerprint density at radius 1 is 1.16 bits per heavy atom. The van der Waals surface area contributed by atoms with Gasteiger partial charge in [0.2, 0.25) is 5.91 Å². The third kappa shape index (κ3) is 3.89. The Morgan fingerprint density at radius 3 is 2.50 bits per heavy atom. The van der Waals surface area contributed by atoms with Gasteiger partial charge in [0.15, 0.2) is 5.69 Å². The summed E-state index contributed by atoms with van der Waals surface area (Å²) in [6, 6.07) is 9.04. The van der Waals surface area contributed by atoms with Crippen molar-refractivity contribution in [2.45, 2.75) is 70.5 Å². The predicted molar refractivity (Wildman–Crippen MR) is 120 cm³/mol. The van der Waals surface area contributed by atoms with Crippen LogP contribution in [0.2, 0.25) is 0 Å². The van der Waals surface area contributed by atoms with Crippen molar-refractivity contribution < 1.29 is 19.1 Å². The topological polar surface area (TPSA) is 93.5 Å². The van der Waals surface area contributed by atoms with Crippen molar-refractivity contribution in [3.63, 3.8) is 0 Å². The SMILES string of the molecule is COC(=O)c1cc2n(n1)CC(C)(C(=O)NC1CCCCCC1)N(c1ccccc1C)C2=O. The maximum absolute atomic E-state index is 13.7. The third-order valence-electron chi connectivity index (χ3n) is 6.58. The Kier molecular flexibility index (Phi) is 6.04. The molecular weight excluding hydrogens is 408 g/mol. The number of aromatic nitrogens is 2. The van der Waals surface area contributed by atoms with Gasteiger partial charge in [-0.2, -0.15) is 5.10 Å². The second-order valence-electron chi connectivity index (χ2n) is 8.93. The van der Waals surface area contributed by atoms with Gasteiger partial charge in [-0.15, -0.1) is 0 Å². The van der Waals surface area contributed by atoms with Crippen LogP contribution in [0.4, 0.5) is 5.69 Å². The molecule has 2 aromatic rings. The van der Waals surface area contributed by atoms with Gasteiger partial charge in [-0.1, -0.05) is 43.9 Å². The Labute approximate surface area is 187 Å².